The van der Waals surface area contributed by atoms with E-state index in [-0.39, 0.29) is 5.91 Å². The van der Waals surface area contributed by atoms with Crippen molar-refractivity contribution >= 4 is 17.2 Å². The smallest absolute Gasteiger partial charge is 0.280 e. The van der Waals surface area contributed by atoms with E-state index in [0.717, 1.165) is 38.2 Å². The van der Waals surface area contributed by atoms with E-state index in [1.165, 1.54) is 21.8 Å². The Morgan fingerprint density at radius 1 is 1.43 bits per heavy atom. The second-order valence-electron chi connectivity index (χ2n) is 5.11. The number of fused-ring (bicyclic) bond motifs is 1. The lowest BCUT2D eigenvalue weighted by molar-refractivity contribution is 0.0962. The van der Waals surface area contributed by atoms with Crippen molar-refractivity contribution in [1.82, 2.24) is 20.2 Å². The van der Waals surface area contributed by atoms with Crippen molar-refractivity contribution in [3.05, 3.63) is 45.7 Å². The summed E-state index contributed by atoms with van der Waals surface area (Å²) in [5, 5.41) is 3.23. The predicted molar refractivity (Wildman–Crippen MR) is 82.4 cm³/mol. The Hall–Kier alpha value is -1.79. The van der Waals surface area contributed by atoms with Crippen LogP contribution in [0.1, 0.15) is 25.9 Å². The Morgan fingerprint density at radius 3 is 3.05 bits per heavy atom. The Labute approximate surface area is 128 Å². The highest BCUT2D eigenvalue weighted by atomic mass is 32.1. The van der Waals surface area contributed by atoms with E-state index in [4.69, 9.17) is 0 Å². The zero-order chi connectivity index (χ0) is 14.7. The molecule has 3 rings (SSSR count). The molecule has 21 heavy (non-hydrogen) atoms. The number of hydrogen-bond acceptors (Lipinski definition) is 5. The lowest BCUT2D eigenvalue weighted by atomic mass is 10.2. The minimum absolute atomic E-state index is 0.0831. The summed E-state index contributed by atoms with van der Waals surface area (Å²) in [6, 6.07) is 4.08. The minimum atomic E-state index is -0.0831. The first-order valence-corrected chi connectivity index (χ1v) is 7.90. The summed E-state index contributed by atoms with van der Waals surface area (Å²) in [4.78, 5) is 24.0. The topological polar surface area (TPSA) is 58.1 Å². The second kappa shape index (κ2) is 6.32. The van der Waals surface area contributed by atoms with Crippen LogP contribution < -0.4 is 5.32 Å². The molecule has 1 aliphatic rings. The summed E-state index contributed by atoms with van der Waals surface area (Å²) in [6.07, 6.45) is 5.59. The molecule has 3 heterocycles. The van der Waals surface area contributed by atoms with Gasteiger partial charge in [0.15, 0.2) is 5.01 Å². The number of pyridine rings is 1. The number of nitrogens with zero attached hydrogens (tertiary/aromatic N) is 3. The number of amides is 1. The molecule has 0 spiro atoms. The Balaban J connectivity index is 1.66. The number of thiazole rings is 1. The number of rotatable bonds is 3. The average Bonchev–Trinajstić information content (AvgIpc) is 2.85. The summed E-state index contributed by atoms with van der Waals surface area (Å²) >= 11 is 1.53. The van der Waals surface area contributed by atoms with Crippen molar-refractivity contribution < 1.29 is 4.79 Å². The molecule has 0 unspecified atom stereocenters. The van der Waals surface area contributed by atoms with Crippen molar-refractivity contribution in [2.24, 2.45) is 0 Å². The maximum Gasteiger partial charge on any atom is 0.280 e. The van der Waals surface area contributed by atoms with Gasteiger partial charge in [0.2, 0.25) is 0 Å². The van der Waals surface area contributed by atoms with E-state index in [1.54, 1.807) is 13.2 Å². The third kappa shape index (κ3) is 3.28. The minimum Gasteiger partial charge on any atom is -0.353 e. The van der Waals surface area contributed by atoms with Gasteiger partial charge in [-0.05, 0) is 18.1 Å². The molecule has 0 saturated carbocycles. The van der Waals surface area contributed by atoms with Crippen LogP contribution in [0.25, 0.3) is 0 Å². The van der Waals surface area contributed by atoms with Gasteiger partial charge in [-0.2, -0.15) is 0 Å². The van der Waals surface area contributed by atoms with Crippen LogP contribution in [-0.2, 0) is 19.4 Å². The maximum absolute atomic E-state index is 11.6. The van der Waals surface area contributed by atoms with Gasteiger partial charge in [-0.15, -0.1) is 11.3 Å². The van der Waals surface area contributed by atoms with E-state index in [0.29, 0.717) is 5.01 Å². The van der Waals surface area contributed by atoms with Gasteiger partial charge in [0.25, 0.3) is 5.91 Å². The summed E-state index contributed by atoms with van der Waals surface area (Å²) in [6.45, 7) is 2.89. The molecule has 0 saturated heterocycles. The van der Waals surface area contributed by atoms with Gasteiger partial charge < -0.3 is 5.32 Å². The predicted octanol–water partition coefficient (Wildman–Crippen LogP) is 1.50. The fourth-order valence-corrected chi connectivity index (χ4v) is 3.56. The monoisotopic (exact) mass is 302 g/mol. The molecule has 0 radical (unpaired) electrons. The van der Waals surface area contributed by atoms with Gasteiger partial charge in [0.1, 0.15) is 0 Å². The maximum atomic E-state index is 11.6. The molecule has 2 aromatic rings. The zero-order valence-electron chi connectivity index (χ0n) is 12.0. The molecule has 1 amide bonds. The largest absolute Gasteiger partial charge is 0.353 e. The zero-order valence-corrected chi connectivity index (χ0v) is 12.8. The van der Waals surface area contributed by atoms with Crippen LogP contribution in [0.4, 0.5) is 0 Å². The highest BCUT2D eigenvalue weighted by Gasteiger charge is 2.20. The number of aromatic nitrogens is 2. The first kappa shape index (κ1) is 14.2. The molecular weight excluding hydrogens is 284 g/mol. The van der Waals surface area contributed by atoms with Crippen LogP contribution in [0.2, 0.25) is 0 Å². The third-order valence-electron chi connectivity index (χ3n) is 3.65. The number of nitrogens with one attached hydrogen (secondary N) is 1. The standard InChI is InChI=1S/C15H18N4OS/c1-16-14(20)15-18-12-4-7-19(8-5-13(12)21-15)10-11-3-2-6-17-9-11/h2-3,6,9H,4-5,7-8,10H2,1H3,(H,16,20). The lowest BCUT2D eigenvalue weighted by Gasteiger charge is -2.19. The fourth-order valence-electron chi connectivity index (χ4n) is 2.52. The van der Waals surface area contributed by atoms with E-state index in [2.05, 4.69) is 26.3 Å². The number of carbonyl (C=O) groups is 1. The molecule has 0 aromatic carbocycles. The van der Waals surface area contributed by atoms with Gasteiger partial charge in [-0.3, -0.25) is 14.7 Å². The first-order chi connectivity index (χ1) is 10.3. The van der Waals surface area contributed by atoms with Crippen LogP contribution in [-0.4, -0.2) is 40.9 Å². The molecule has 2 aromatic heterocycles. The van der Waals surface area contributed by atoms with E-state index in [1.807, 2.05) is 12.3 Å². The number of carbonyl (C=O) groups excluding carboxylic acids is 1. The Morgan fingerprint density at radius 2 is 2.29 bits per heavy atom. The molecule has 110 valence electrons. The lowest BCUT2D eigenvalue weighted by Crippen LogP contribution is -2.26. The average molecular weight is 302 g/mol. The van der Waals surface area contributed by atoms with Crippen LogP contribution in [0.15, 0.2) is 24.5 Å². The molecule has 0 bridgehead atoms. The van der Waals surface area contributed by atoms with E-state index >= 15 is 0 Å². The molecule has 1 N–H and O–H groups in total. The Bertz CT molecular complexity index is 600. The van der Waals surface area contributed by atoms with Crippen molar-refractivity contribution in [3.63, 3.8) is 0 Å². The quantitative estimate of drug-likeness (QED) is 0.933. The van der Waals surface area contributed by atoms with Crippen LogP contribution in [0.5, 0.6) is 0 Å². The second-order valence-corrected chi connectivity index (χ2v) is 6.19. The molecule has 6 heteroatoms. The van der Waals surface area contributed by atoms with E-state index in [9.17, 15) is 4.79 Å². The molecule has 0 atom stereocenters. The molecule has 0 fully saturated rings. The molecule has 1 aliphatic heterocycles. The fraction of sp³-hybridized carbons (Fsp3) is 0.400. The first-order valence-electron chi connectivity index (χ1n) is 7.08. The summed E-state index contributed by atoms with van der Waals surface area (Å²) in [7, 11) is 1.64. The molecular formula is C15H18N4OS. The summed E-state index contributed by atoms with van der Waals surface area (Å²) in [5.74, 6) is -0.0831. The third-order valence-corrected chi connectivity index (χ3v) is 4.80. The van der Waals surface area contributed by atoms with Crippen LogP contribution in [0, 0.1) is 0 Å². The van der Waals surface area contributed by atoms with Gasteiger partial charge in [0.05, 0.1) is 5.69 Å². The highest BCUT2D eigenvalue weighted by molar-refractivity contribution is 7.13. The molecule has 5 nitrogen and oxygen atoms in total. The SMILES string of the molecule is CNC(=O)c1nc2c(s1)CCN(Cc1cccnc1)CC2. The summed E-state index contributed by atoms with van der Waals surface area (Å²) in [5.41, 5.74) is 2.33. The molecule has 0 aliphatic carbocycles. The van der Waals surface area contributed by atoms with Gasteiger partial charge >= 0.3 is 0 Å². The van der Waals surface area contributed by atoms with Crippen molar-refractivity contribution in [2.45, 2.75) is 19.4 Å². The number of hydrogen-bond donors (Lipinski definition) is 1. The van der Waals surface area contributed by atoms with Gasteiger partial charge in [0, 0.05) is 50.4 Å². The van der Waals surface area contributed by atoms with Crippen molar-refractivity contribution in [2.75, 3.05) is 20.1 Å². The van der Waals surface area contributed by atoms with Crippen LogP contribution in [0.3, 0.4) is 0 Å². The van der Waals surface area contributed by atoms with Crippen molar-refractivity contribution in [1.29, 1.82) is 0 Å². The highest BCUT2D eigenvalue weighted by Crippen LogP contribution is 2.23. The Kier molecular flexibility index (Phi) is 4.26. The van der Waals surface area contributed by atoms with Crippen molar-refractivity contribution in [3.8, 4) is 0 Å². The normalized spacial score (nSPS) is 15.3. The van der Waals surface area contributed by atoms with Gasteiger partial charge in [-0.1, -0.05) is 6.07 Å². The van der Waals surface area contributed by atoms with Gasteiger partial charge in [-0.25, -0.2) is 4.98 Å². The van der Waals surface area contributed by atoms with Crippen LogP contribution >= 0.6 is 11.3 Å². The summed E-state index contributed by atoms with van der Waals surface area (Å²) < 4.78 is 0. The van der Waals surface area contributed by atoms with E-state index < -0.39 is 0 Å².